The number of aromatic nitrogens is 2. The molecular weight excluding hydrogens is 268 g/mol. The van der Waals surface area contributed by atoms with E-state index in [1.165, 1.54) is 10.3 Å². The minimum absolute atomic E-state index is 0.0802. The van der Waals surface area contributed by atoms with Crippen molar-refractivity contribution in [1.82, 2.24) is 9.97 Å². The van der Waals surface area contributed by atoms with Crippen LogP contribution in [0.4, 0.5) is 5.82 Å². The summed E-state index contributed by atoms with van der Waals surface area (Å²) in [5.41, 5.74) is 5.95. The molecule has 0 aliphatic heterocycles. The summed E-state index contributed by atoms with van der Waals surface area (Å²) >= 11 is 1.76. The van der Waals surface area contributed by atoms with Gasteiger partial charge >= 0.3 is 0 Å². The highest BCUT2D eigenvalue weighted by Crippen LogP contribution is 2.31. The Morgan fingerprint density at radius 2 is 2.05 bits per heavy atom. The Kier molecular flexibility index (Phi) is 4.60. The van der Waals surface area contributed by atoms with Crippen molar-refractivity contribution >= 4 is 27.4 Å². The molecule has 0 spiro atoms. The van der Waals surface area contributed by atoms with Crippen LogP contribution in [0.25, 0.3) is 10.2 Å². The first-order valence-electron chi connectivity index (χ1n) is 7.19. The fraction of sp³-hybridized carbons (Fsp3) is 0.600. The van der Waals surface area contributed by atoms with E-state index < -0.39 is 0 Å². The first kappa shape index (κ1) is 15.2. The number of rotatable bonds is 6. The maximum Gasteiger partial charge on any atom is 0.140 e. The summed E-state index contributed by atoms with van der Waals surface area (Å²) in [6.45, 7) is 11.2. The molecule has 0 saturated heterocycles. The predicted molar refractivity (Wildman–Crippen MR) is 87.5 cm³/mol. The molecule has 0 aliphatic carbocycles. The van der Waals surface area contributed by atoms with Crippen molar-refractivity contribution in [2.75, 3.05) is 24.5 Å². The highest BCUT2D eigenvalue weighted by atomic mass is 32.1. The molecule has 0 saturated carbocycles. The molecular formula is C15H24N4S. The van der Waals surface area contributed by atoms with Crippen molar-refractivity contribution in [2.24, 2.45) is 11.1 Å². The number of anilines is 1. The average Bonchev–Trinajstić information content (AvgIpc) is 2.88. The Hall–Kier alpha value is -1.20. The van der Waals surface area contributed by atoms with Gasteiger partial charge in [-0.2, -0.15) is 0 Å². The van der Waals surface area contributed by atoms with Crippen LogP contribution in [0.1, 0.15) is 32.6 Å². The first-order chi connectivity index (χ1) is 9.50. The molecule has 0 aliphatic rings. The normalized spacial score (nSPS) is 12.1. The van der Waals surface area contributed by atoms with Gasteiger partial charge in [0.15, 0.2) is 0 Å². The van der Waals surface area contributed by atoms with Crippen LogP contribution in [0.3, 0.4) is 0 Å². The Morgan fingerprint density at radius 1 is 1.30 bits per heavy atom. The molecule has 2 heterocycles. The second kappa shape index (κ2) is 6.06. The van der Waals surface area contributed by atoms with E-state index in [0.29, 0.717) is 6.54 Å². The monoisotopic (exact) mass is 292 g/mol. The lowest BCUT2D eigenvalue weighted by atomic mass is 9.93. The van der Waals surface area contributed by atoms with Gasteiger partial charge in [0.25, 0.3) is 0 Å². The summed E-state index contributed by atoms with van der Waals surface area (Å²) in [6, 6.07) is 2.23. The SMILES string of the molecule is CCc1cc2c(N(CC)CC(C)(C)CN)ncnc2s1. The smallest absolute Gasteiger partial charge is 0.140 e. The zero-order valence-corrected chi connectivity index (χ0v) is 13.6. The molecule has 2 aromatic heterocycles. The van der Waals surface area contributed by atoms with Crippen molar-refractivity contribution in [3.05, 3.63) is 17.3 Å². The minimum Gasteiger partial charge on any atom is -0.356 e. The predicted octanol–water partition coefficient (Wildman–Crippen LogP) is 3.06. The quantitative estimate of drug-likeness (QED) is 0.889. The molecule has 0 bridgehead atoms. The number of thiophene rings is 1. The topological polar surface area (TPSA) is 55.0 Å². The molecule has 2 N–H and O–H groups in total. The average molecular weight is 292 g/mol. The van der Waals surface area contributed by atoms with E-state index >= 15 is 0 Å². The lowest BCUT2D eigenvalue weighted by Crippen LogP contribution is -2.39. The van der Waals surface area contributed by atoms with E-state index in [4.69, 9.17) is 5.73 Å². The summed E-state index contributed by atoms with van der Waals surface area (Å²) in [5, 5.41) is 1.17. The Bertz CT molecular complexity index is 576. The molecule has 5 heteroatoms. The summed E-state index contributed by atoms with van der Waals surface area (Å²) in [4.78, 5) is 13.7. The number of fused-ring (bicyclic) bond motifs is 1. The third kappa shape index (κ3) is 3.10. The van der Waals surface area contributed by atoms with Gasteiger partial charge in [-0.05, 0) is 31.4 Å². The number of nitrogens with two attached hydrogens (primary N) is 1. The zero-order valence-electron chi connectivity index (χ0n) is 12.8. The van der Waals surface area contributed by atoms with Gasteiger partial charge in [-0.15, -0.1) is 11.3 Å². The highest BCUT2D eigenvalue weighted by molar-refractivity contribution is 7.18. The van der Waals surface area contributed by atoms with Crippen LogP contribution < -0.4 is 10.6 Å². The van der Waals surface area contributed by atoms with Crippen LogP contribution in [0.2, 0.25) is 0 Å². The molecule has 0 unspecified atom stereocenters. The van der Waals surface area contributed by atoms with E-state index in [1.54, 1.807) is 17.7 Å². The highest BCUT2D eigenvalue weighted by Gasteiger charge is 2.22. The second-order valence-corrected chi connectivity index (χ2v) is 6.98. The van der Waals surface area contributed by atoms with Crippen LogP contribution in [0.15, 0.2) is 12.4 Å². The van der Waals surface area contributed by atoms with Crippen LogP contribution >= 0.6 is 11.3 Å². The number of hydrogen-bond donors (Lipinski definition) is 1. The van der Waals surface area contributed by atoms with Crippen LogP contribution in [-0.2, 0) is 6.42 Å². The Labute approximate surface area is 125 Å². The summed E-state index contributed by atoms with van der Waals surface area (Å²) in [7, 11) is 0. The van der Waals surface area contributed by atoms with Crippen LogP contribution in [0, 0.1) is 5.41 Å². The van der Waals surface area contributed by atoms with E-state index in [1.807, 2.05) is 0 Å². The van der Waals surface area contributed by atoms with Crippen molar-refractivity contribution in [3.63, 3.8) is 0 Å². The third-order valence-electron chi connectivity index (χ3n) is 3.56. The molecule has 0 radical (unpaired) electrons. The maximum absolute atomic E-state index is 5.87. The van der Waals surface area contributed by atoms with Crippen molar-refractivity contribution in [2.45, 2.75) is 34.1 Å². The standard InChI is InChI=1S/C15H24N4S/c1-5-11-7-12-13(17-10-18-14(12)20-11)19(6-2)9-15(3,4)8-16/h7,10H,5-6,8-9,16H2,1-4H3. The van der Waals surface area contributed by atoms with Gasteiger partial charge in [0.2, 0.25) is 0 Å². The zero-order chi connectivity index (χ0) is 14.8. The molecule has 0 amide bonds. The van der Waals surface area contributed by atoms with Gasteiger partial charge in [-0.3, -0.25) is 0 Å². The van der Waals surface area contributed by atoms with Crippen LogP contribution in [-0.4, -0.2) is 29.6 Å². The molecule has 2 aromatic rings. The van der Waals surface area contributed by atoms with Crippen molar-refractivity contribution in [3.8, 4) is 0 Å². The summed E-state index contributed by atoms with van der Waals surface area (Å²) in [5.74, 6) is 1.04. The lowest BCUT2D eigenvalue weighted by Gasteiger charge is -2.32. The van der Waals surface area contributed by atoms with Gasteiger partial charge < -0.3 is 10.6 Å². The van der Waals surface area contributed by atoms with Gasteiger partial charge in [0.1, 0.15) is 17.0 Å². The molecule has 0 fully saturated rings. The molecule has 0 aromatic carbocycles. The third-order valence-corrected chi connectivity index (χ3v) is 4.75. The number of aryl methyl sites for hydroxylation is 1. The molecule has 2 rings (SSSR count). The van der Waals surface area contributed by atoms with E-state index in [-0.39, 0.29) is 5.41 Å². The molecule has 110 valence electrons. The Morgan fingerprint density at radius 3 is 2.65 bits per heavy atom. The summed E-state index contributed by atoms with van der Waals surface area (Å²) < 4.78 is 0. The largest absolute Gasteiger partial charge is 0.356 e. The molecule has 0 atom stereocenters. The molecule has 20 heavy (non-hydrogen) atoms. The number of hydrogen-bond acceptors (Lipinski definition) is 5. The Balaban J connectivity index is 2.41. The lowest BCUT2D eigenvalue weighted by molar-refractivity contribution is 0.379. The van der Waals surface area contributed by atoms with Crippen LogP contribution in [0.5, 0.6) is 0 Å². The van der Waals surface area contributed by atoms with Gasteiger partial charge in [-0.25, -0.2) is 9.97 Å². The second-order valence-electron chi connectivity index (χ2n) is 5.86. The van der Waals surface area contributed by atoms with Gasteiger partial charge in [-0.1, -0.05) is 20.8 Å². The van der Waals surface area contributed by atoms with E-state index in [2.05, 4.69) is 48.6 Å². The van der Waals surface area contributed by atoms with Gasteiger partial charge in [0, 0.05) is 18.0 Å². The minimum atomic E-state index is 0.0802. The number of nitrogens with zero attached hydrogens (tertiary/aromatic N) is 3. The molecule has 4 nitrogen and oxygen atoms in total. The van der Waals surface area contributed by atoms with Crippen molar-refractivity contribution in [1.29, 1.82) is 0 Å². The first-order valence-corrected chi connectivity index (χ1v) is 8.00. The fourth-order valence-corrected chi connectivity index (χ4v) is 3.17. The fourth-order valence-electron chi connectivity index (χ4n) is 2.24. The van der Waals surface area contributed by atoms with E-state index in [0.717, 1.165) is 30.2 Å². The van der Waals surface area contributed by atoms with Crippen molar-refractivity contribution < 1.29 is 0 Å². The van der Waals surface area contributed by atoms with E-state index in [9.17, 15) is 0 Å². The van der Waals surface area contributed by atoms with Gasteiger partial charge in [0.05, 0.1) is 5.39 Å². The summed E-state index contributed by atoms with van der Waals surface area (Å²) in [6.07, 6.45) is 2.71. The maximum atomic E-state index is 5.87.